The predicted octanol–water partition coefficient (Wildman–Crippen LogP) is 1.35. The van der Waals surface area contributed by atoms with E-state index in [9.17, 15) is 0 Å². The Morgan fingerprint density at radius 2 is 1.85 bits per heavy atom. The van der Waals surface area contributed by atoms with Crippen LogP contribution in [0.5, 0.6) is 0 Å². The zero-order chi connectivity index (χ0) is 9.10. The first-order valence-corrected chi connectivity index (χ1v) is 4.31. The van der Waals surface area contributed by atoms with Crippen molar-refractivity contribution in [1.82, 2.24) is 0 Å². The maximum atomic E-state index is 5.77. The van der Waals surface area contributed by atoms with E-state index in [-0.39, 0.29) is 0 Å². The van der Waals surface area contributed by atoms with Gasteiger partial charge in [-0.1, -0.05) is 18.2 Å². The summed E-state index contributed by atoms with van der Waals surface area (Å²) >= 11 is 0. The Morgan fingerprint density at radius 3 is 2.54 bits per heavy atom. The molecule has 0 atom stereocenters. The van der Waals surface area contributed by atoms with Gasteiger partial charge >= 0.3 is 0 Å². The van der Waals surface area contributed by atoms with Gasteiger partial charge in [-0.2, -0.15) is 0 Å². The fraction of sp³-hybridized carbons (Fsp3) is 0.300. The van der Waals surface area contributed by atoms with Gasteiger partial charge in [0.15, 0.2) is 0 Å². The van der Waals surface area contributed by atoms with Gasteiger partial charge in [-0.25, -0.2) is 0 Å². The summed E-state index contributed by atoms with van der Waals surface area (Å²) in [6.07, 6.45) is 1.34. The lowest BCUT2D eigenvalue weighted by Gasteiger charge is -2.08. The van der Waals surface area contributed by atoms with Crippen molar-refractivity contribution in [1.29, 1.82) is 0 Å². The van der Waals surface area contributed by atoms with E-state index >= 15 is 0 Å². The van der Waals surface area contributed by atoms with Crippen LogP contribution >= 0.6 is 0 Å². The molecule has 69 valence electrons. The van der Waals surface area contributed by atoms with Crippen molar-refractivity contribution in [2.45, 2.75) is 6.42 Å². The van der Waals surface area contributed by atoms with E-state index in [0.29, 0.717) is 25.9 Å². The minimum Gasteiger partial charge on any atom is -0.399 e. The third-order valence-corrected chi connectivity index (χ3v) is 2.00. The van der Waals surface area contributed by atoms with Crippen LogP contribution < -0.4 is 5.73 Å². The minimum atomic E-state index is 0.655. The average Bonchev–Trinajstić information content (AvgIpc) is 2.61. The SMILES string of the molecule is Nc1ccccc1C[C]1OCCO1. The topological polar surface area (TPSA) is 44.5 Å². The van der Waals surface area contributed by atoms with Crippen molar-refractivity contribution in [3.05, 3.63) is 36.1 Å². The number of benzene rings is 1. The van der Waals surface area contributed by atoms with Crippen molar-refractivity contribution in [3.63, 3.8) is 0 Å². The zero-order valence-electron chi connectivity index (χ0n) is 7.32. The summed E-state index contributed by atoms with van der Waals surface area (Å²) in [5.74, 6) is 0. The fourth-order valence-electron chi connectivity index (χ4n) is 1.31. The van der Waals surface area contributed by atoms with Gasteiger partial charge in [0.05, 0.1) is 13.2 Å². The standard InChI is InChI=1S/C10H12NO2/c11-9-4-2-1-3-8(9)7-10-12-5-6-13-10/h1-4H,5-7,11H2. The Bertz CT molecular complexity index is 282. The highest BCUT2D eigenvalue weighted by molar-refractivity contribution is 5.47. The predicted molar refractivity (Wildman–Crippen MR) is 49.7 cm³/mol. The smallest absolute Gasteiger partial charge is 0.228 e. The van der Waals surface area contributed by atoms with Crippen LogP contribution in [-0.2, 0) is 15.9 Å². The van der Waals surface area contributed by atoms with Gasteiger partial charge in [-0.15, -0.1) is 0 Å². The van der Waals surface area contributed by atoms with Crippen LogP contribution in [0.25, 0.3) is 0 Å². The summed E-state index contributed by atoms with van der Waals surface area (Å²) in [4.78, 5) is 0. The zero-order valence-corrected chi connectivity index (χ0v) is 7.32. The van der Waals surface area contributed by atoms with E-state index in [1.807, 2.05) is 24.3 Å². The number of ether oxygens (including phenoxy) is 2. The van der Waals surface area contributed by atoms with Crippen molar-refractivity contribution < 1.29 is 9.47 Å². The van der Waals surface area contributed by atoms with Crippen LogP contribution in [0.15, 0.2) is 24.3 Å². The van der Waals surface area contributed by atoms with Crippen molar-refractivity contribution in [3.8, 4) is 0 Å². The van der Waals surface area contributed by atoms with Gasteiger partial charge < -0.3 is 15.2 Å². The van der Waals surface area contributed by atoms with E-state index < -0.39 is 0 Å². The van der Waals surface area contributed by atoms with E-state index in [4.69, 9.17) is 15.2 Å². The van der Waals surface area contributed by atoms with Gasteiger partial charge in [0.2, 0.25) is 6.29 Å². The summed E-state index contributed by atoms with van der Waals surface area (Å²) in [5.41, 5.74) is 7.62. The van der Waals surface area contributed by atoms with E-state index in [0.717, 1.165) is 11.3 Å². The number of anilines is 1. The highest BCUT2D eigenvalue weighted by Gasteiger charge is 2.19. The maximum absolute atomic E-state index is 5.77. The third-order valence-electron chi connectivity index (χ3n) is 2.00. The molecule has 0 aliphatic carbocycles. The molecule has 0 aromatic heterocycles. The Labute approximate surface area is 77.5 Å². The Hall–Kier alpha value is -1.06. The molecular weight excluding hydrogens is 166 g/mol. The van der Waals surface area contributed by atoms with Gasteiger partial charge in [0.1, 0.15) is 0 Å². The summed E-state index contributed by atoms with van der Waals surface area (Å²) < 4.78 is 10.5. The Morgan fingerprint density at radius 1 is 1.15 bits per heavy atom. The molecule has 0 bridgehead atoms. The molecule has 1 aliphatic heterocycles. The molecule has 1 saturated heterocycles. The first-order valence-electron chi connectivity index (χ1n) is 4.31. The second kappa shape index (κ2) is 3.77. The molecule has 0 saturated carbocycles. The normalized spacial score (nSPS) is 17.8. The van der Waals surface area contributed by atoms with Crippen LogP contribution in [0, 0.1) is 6.29 Å². The second-order valence-electron chi connectivity index (χ2n) is 2.94. The molecule has 1 heterocycles. The summed E-state index contributed by atoms with van der Waals surface area (Å²) in [5, 5.41) is 0. The Balaban J connectivity index is 2.04. The summed E-state index contributed by atoms with van der Waals surface area (Å²) in [6.45, 7) is 1.31. The van der Waals surface area contributed by atoms with Crippen LogP contribution in [0.4, 0.5) is 5.69 Å². The minimum absolute atomic E-state index is 0.655. The first-order chi connectivity index (χ1) is 6.36. The summed E-state index contributed by atoms with van der Waals surface area (Å²) in [7, 11) is 0. The lowest BCUT2D eigenvalue weighted by atomic mass is 10.1. The number of rotatable bonds is 2. The number of nitrogen functional groups attached to an aromatic ring is 1. The van der Waals surface area contributed by atoms with Crippen LogP contribution in [0.3, 0.4) is 0 Å². The highest BCUT2D eigenvalue weighted by Crippen LogP contribution is 2.21. The number of nitrogens with two attached hydrogens (primary N) is 1. The van der Waals surface area contributed by atoms with Gasteiger partial charge in [-0.05, 0) is 11.6 Å². The number of hydrogen-bond acceptors (Lipinski definition) is 3. The fourth-order valence-corrected chi connectivity index (χ4v) is 1.31. The molecule has 13 heavy (non-hydrogen) atoms. The quantitative estimate of drug-likeness (QED) is 0.695. The number of hydrogen-bond donors (Lipinski definition) is 1. The molecule has 0 spiro atoms. The average molecular weight is 178 g/mol. The summed E-state index contributed by atoms with van der Waals surface area (Å²) in [6, 6.07) is 7.74. The first kappa shape index (κ1) is 8.53. The molecule has 2 N–H and O–H groups in total. The Kier molecular flexibility index (Phi) is 2.47. The van der Waals surface area contributed by atoms with E-state index in [2.05, 4.69) is 0 Å². The van der Waals surface area contributed by atoms with E-state index in [1.54, 1.807) is 0 Å². The molecule has 3 nitrogen and oxygen atoms in total. The van der Waals surface area contributed by atoms with Crippen molar-refractivity contribution in [2.24, 2.45) is 0 Å². The monoisotopic (exact) mass is 178 g/mol. The molecule has 1 aromatic rings. The van der Waals surface area contributed by atoms with Crippen LogP contribution in [-0.4, -0.2) is 13.2 Å². The molecule has 1 aliphatic rings. The molecular formula is C10H12NO2. The van der Waals surface area contributed by atoms with E-state index in [1.165, 1.54) is 0 Å². The van der Waals surface area contributed by atoms with Gasteiger partial charge in [0, 0.05) is 12.1 Å². The van der Waals surface area contributed by atoms with Crippen LogP contribution in [0.2, 0.25) is 0 Å². The molecule has 1 radical (unpaired) electrons. The maximum Gasteiger partial charge on any atom is 0.228 e. The molecule has 0 unspecified atom stereocenters. The second-order valence-corrected chi connectivity index (χ2v) is 2.94. The molecule has 2 rings (SSSR count). The number of para-hydroxylation sites is 1. The lowest BCUT2D eigenvalue weighted by Crippen LogP contribution is -2.03. The molecule has 1 aromatic carbocycles. The largest absolute Gasteiger partial charge is 0.399 e. The van der Waals surface area contributed by atoms with Crippen molar-refractivity contribution in [2.75, 3.05) is 18.9 Å². The van der Waals surface area contributed by atoms with Gasteiger partial charge in [-0.3, -0.25) is 0 Å². The molecule has 1 fully saturated rings. The molecule has 0 amide bonds. The highest BCUT2D eigenvalue weighted by atomic mass is 16.7. The third kappa shape index (κ3) is 1.99. The van der Waals surface area contributed by atoms with Crippen LogP contribution in [0.1, 0.15) is 5.56 Å². The van der Waals surface area contributed by atoms with Gasteiger partial charge in [0.25, 0.3) is 0 Å². The van der Waals surface area contributed by atoms with Crippen molar-refractivity contribution >= 4 is 5.69 Å². The molecule has 3 heteroatoms. The lowest BCUT2D eigenvalue weighted by molar-refractivity contribution is 0.0717.